The SMILES string of the molecule is O=c1oc2ccccc2c2nc(N3CCCC3)ncc12. The van der Waals surface area contributed by atoms with E-state index in [2.05, 4.69) is 14.9 Å². The Balaban J connectivity index is 2.04. The van der Waals surface area contributed by atoms with Crippen molar-refractivity contribution >= 4 is 27.8 Å². The molecule has 3 aromatic rings. The zero-order valence-electron chi connectivity index (χ0n) is 10.9. The van der Waals surface area contributed by atoms with Crippen LogP contribution >= 0.6 is 0 Å². The van der Waals surface area contributed by atoms with Crippen molar-refractivity contribution in [2.45, 2.75) is 12.8 Å². The lowest BCUT2D eigenvalue weighted by Crippen LogP contribution is -2.20. The van der Waals surface area contributed by atoms with Gasteiger partial charge < -0.3 is 9.32 Å². The average Bonchev–Trinajstić information content (AvgIpc) is 3.01. The first kappa shape index (κ1) is 11.4. The molecule has 0 unspecified atom stereocenters. The summed E-state index contributed by atoms with van der Waals surface area (Å²) in [6.07, 6.45) is 3.91. The van der Waals surface area contributed by atoms with Gasteiger partial charge in [0.25, 0.3) is 0 Å². The van der Waals surface area contributed by atoms with Crippen LogP contribution in [-0.4, -0.2) is 23.1 Å². The van der Waals surface area contributed by atoms with Crippen LogP contribution in [-0.2, 0) is 0 Å². The highest BCUT2D eigenvalue weighted by Crippen LogP contribution is 2.23. The molecular weight excluding hydrogens is 254 g/mol. The zero-order valence-corrected chi connectivity index (χ0v) is 10.9. The number of nitrogens with zero attached hydrogens (tertiary/aromatic N) is 3. The van der Waals surface area contributed by atoms with Gasteiger partial charge in [-0.15, -0.1) is 0 Å². The quantitative estimate of drug-likeness (QED) is 0.500. The molecule has 100 valence electrons. The molecule has 2 aromatic heterocycles. The minimum Gasteiger partial charge on any atom is -0.422 e. The maximum atomic E-state index is 12.0. The van der Waals surface area contributed by atoms with E-state index in [1.165, 1.54) is 12.8 Å². The molecule has 1 aliphatic rings. The Labute approximate surface area is 114 Å². The predicted octanol–water partition coefficient (Wildman–Crippen LogP) is 2.34. The standard InChI is InChI=1S/C15H13N3O2/c19-14-11-9-16-15(18-7-3-4-8-18)17-13(11)10-5-1-2-6-12(10)20-14/h1-2,5-6,9H,3-4,7-8H2. The van der Waals surface area contributed by atoms with E-state index in [0.717, 1.165) is 18.5 Å². The summed E-state index contributed by atoms with van der Waals surface area (Å²) in [7, 11) is 0. The van der Waals surface area contributed by atoms with E-state index in [4.69, 9.17) is 4.42 Å². The molecule has 4 rings (SSSR count). The van der Waals surface area contributed by atoms with Crippen molar-refractivity contribution in [2.24, 2.45) is 0 Å². The van der Waals surface area contributed by atoms with Crippen LogP contribution in [0.15, 0.2) is 39.7 Å². The fraction of sp³-hybridized carbons (Fsp3) is 0.267. The van der Waals surface area contributed by atoms with Gasteiger partial charge in [0, 0.05) is 24.7 Å². The summed E-state index contributed by atoms with van der Waals surface area (Å²) in [5.41, 5.74) is 0.858. The summed E-state index contributed by atoms with van der Waals surface area (Å²) < 4.78 is 5.29. The molecule has 0 amide bonds. The summed E-state index contributed by atoms with van der Waals surface area (Å²) in [6, 6.07) is 7.47. The Hall–Kier alpha value is -2.43. The molecule has 1 fully saturated rings. The fourth-order valence-corrected chi connectivity index (χ4v) is 2.70. The average molecular weight is 267 g/mol. The molecule has 0 bridgehead atoms. The van der Waals surface area contributed by atoms with E-state index >= 15 is 0 Å². The Morgan fingerprint density at radius 3 is 2.75 bits per heavy atom. The van der Waals surface area contributed by atoms with E-state index in [1.54, 1.807) is 12.3 Å². The number of hydrogen-bond acceptors (Lipinski definition) is 5. The molecule has 1 aromatic carbocycles. The highest BCUT2D eigenvalue weighted by molar-refractivity contribution is 6.01. The van der Waals surface area contributed by atoms with Crippen LogP contribution in [0.2, 0.25) is 0 Å². The molecule has 0 spiro atoms. The third kappa shape index (κ3) is 1.66. The molecule has 5 nitrogen and oxygen atoms in total. The Kier molecular flexibility index (Phi) is 2.45. The maximum absolute atomic E-state index is 12.0. The van der Waals surface area contributed by atoms with Gasteiger partial charge in [-0.05, 0) is 25.0 Å². The maximum Gasteiger partial charge on any atom is 0.347 e. The predicted molar refractivity (Wildman–Crippen MR) is 77.0 cm³/mol. The summed E-state index contributed by atoms with van der Waals surface area (Å²) in [4.78, 5) is 23.0. The highest BCUT2D eigenvalue weighted by Gasteiger charge is 2.17. The molecule has 3 heterocycles. The van der Waals surface area contributed by atoms with Crippen molar-refractivity contribution in [3.63, 3.8) is 0 Å². The van der Waals surface area contributed by atoms with E-state index in [-0.39, 0.29) is 5.63 Å². The molecule has 1 aliphatic heterocycles. The van der Waals surface area contributed by atoms with Gasteiger partial charge in [0.05, 0.1) is 5.52 Å². The smallest absolute Gasteiger partial charge is 0.347 e. The molecule has 1 saturated heterocycles. The molecule has 0 radical (unpaired) electrons. The van der Waals surface area contributed by atoms with E-state index in [1.807, 2.05) is 18.2 Å². The van der Waals surface area contributed by atoms with Gasteiger partial charge in [0.2, 0.25) is 5.95 Å². The monoisotopic (exact) mass is 267 g/mol. The number of fused-ring (bicyclic) bond motifs is 3. The van der Waals surface area contributed by atoms with Crippen LogP contribution in [0.1, 0.15) is 12.8 Å². The number of rotatable bonds is 1. The first-order valence-corrected chi connectivity index (χ1v) is 6.76. The lowest BCUT2D eigenvalue weighted by atomic mass is 10.2. The normalized spacial score (nSPS) is 15.3. The molecule has 5 heteroatoms. The van der Waals surface area contributed by atoms with Crippen molar-refractivity contribution in [2.75, 3.05) is 18.0 Å². The zero-order chi connectivity index (χ0) is 13.5. The van der Waals surface area contributed by atoms with Crippen LogP contribution in [0.3, 0.4) is 0 Å². The van der Waals surface area contributed by atoms with Crippen molar-refractivity contribution in [3.05, 3.63) is 40.9 Å². The number of benzene rings is 1. The van der Waals surface area contributed by atoms with Gasteiger partial charge in [-0.3, -0.25) is 0 Å². The molecular formula is C15H13N3O2. The Morgan fingerprint density at radius 1 is 1.10 bits per heavy atom. The Bertz CT molecular complexity index is 850. The summed E-state index contributed by atoms with van der Waals surface area (Å²) in [5.74, 6) is 0.700. The van der Waals surface area contributed by atoms with Crippen LogP contribution in [0.25, 0.3) is 21.9 Å². The fourth-order valence-electron chi connectivity index (χ4n) is 2.70. The van der Waals surface area contributed by atoms with Crippen molar-refractivity contribution < 1.29 is 4.42 Å². The number of aromatic nitrogens is 2. The first-order valence-electron chi connectivity index (χ1n) is 6.76. The van der Waals surface area contributed by atoms with Crippen LogP contribution in [0, 0.1) is 0 Å². The second-order valence-electron chi connectivity index (χ2n) is 5.01. The lowest BCUT2D eigenvalue weighted by molar-refractivity contribution is 0.569. The highest BCUT2D eigenvalue weighted by atomic mass is 16.4. The second-order valence-corrected chi connectivity index (χ2v) is 5.01. The molecule has 0 N–H and O–H groups in total. The lowest BCUT2D eigenvalue weighted by Gasteiger charge is -2.15. The van der Waals surface area contributed by atoms with E-state index in [0.29, 0.717) is 22.4 Å². The third-order valence-electron chi connectivity index (χ3n) is 3.73. The van der Waals surface area contributed by atoms with Crippen molar-refractivity contribution in [1.29, 1.82) is 0 Å². The third-order valence-corrected chi connectivity index (χ3v) is 3.73. The van der Waals surface area contributed by atoms with Crippen molar-refractivity contribution in [3.8, 4) is 0 Å². The summed E-state index contributed by atoms with van der Waals surface area (Å²) >= 11 is 0. The first-order chi connectivity index (χ1) is 9.83. The Morgan fingerprint density at radius 2 is 1.90 bits per heavy atom. The van der Waals surface area contributed by atoms with Gasteiger partial charge in [0.1, 0.15) is 11.0 Å². The largest absolute Gasteiger partial charge is 0.422 e. The van der Waals surface area contributed by atoms with Gasteiger partial charge in [-0.1, -0.05) is 12.1 Å². The van der Waals surface area contributed by atoms with Crippen molar-refractivity contribution in [1.82, 2.24) is 9.97 Å². The van der Waals surface area contributed by atoms with Crippen LogP contribution in [0.5, 0.6) is 0 Å². The molecule has 0 atom stereocenters. The minimum absolute atomic E-state index is 0.383. The van der Waals surface area contributed by atoms with E-state index < -0.39 is 0 Å². The topological polar surface area (TPSA) is 59.2 Å². The van der Waals surface area contributed by atoms with Crippen LogP contribution < -0.4 is 10.5 Å². The van der Waals surface area contributed by atoms with Gasteiger partial charge in [0.15, 0.2) is 0 Å². The number of para-hydroxylation sites is 1. The summed E-state index contributed by atoms with van der Waals surface area (Å²) in [6.45, 7) is 1.95. The van der Waals surface area contributed by atoms with Crippen LogP contribution in [0.4, 0.5) is 5.95 Å². The minimum atomic E-state index is -0.383. The molecule has 0 saturated carbocycles. The van der Waals surface area contributed by atoms with Gasteiger partial charge in [-0.2, -0.15) is 0 Å². The van der Waals surface area contributed by atoms with Gasteiger partial charge >= 0.3 is 5.63 Å². The number of hydrogen-bond donors (Lipinski definition) is 0. The molecule has 0 aliphatic carbocycles. The number of anilines is 1. The second kappa shape index (κ2) is 4.30. The summed E-state index contributed by atoms with van der Waals surface area (Å²) in [5, 5.41) is 1.29. The van der Waals surface area contributed by atoms with E-state index in [9.17, 15) is 4.79 Å². The molecule has 20 heavy (non-hydrogen) atoms. The van der Waals surface area contributed by atoms with Gasteiger partial charge in [-0.25, -0.2) is 14.8 Å².